The molecule has 3 rings (SSSR count). The van der Waals surface area contributed by atoms with E-state index in [1.807, 2.05) is 11.6 Å². The average molecular weight is 427 g/mol. The van der Waals surface area contributed by atoms with Crippen molar-refractivity contribution < 1.29 is 4.79 Å². The number of hydrogen-bond donors (Lipinski definition) is 1. The number of anilines is 1. The predicted octanol–water partition coefficient (Wildman–Crippen LogP) is 5.14. The fraction of sp³-hybridized carbons (Fsp3) is 0.235. The van der Waals surface area contributed by atoms with Gasteiger partial charge in [0.05, 0.1) is 21.5 Å². The van der Waals surface area contributed by atoms with Crippen LogP contribution in [0, 0.1) is 0 Å². The van der Waals surface area contributed by atoms with Gasteiger partial charge in [-0.15, -0.1) is 21.5 Å². The number of rotatable bonds is 6. The molecule has 5 nitrogen and oxygen atoms in total. The van der Waals surface area contributed by atoms with Gasteiger partial charge < -0.3 is 9.88 Å². The Morgan fingerprint density at radius 3 is 2.88 bits per heavy atom. The number of halogens is 2. The van der Waals surface area contributed by atoms with Gasteiger partial charge in [-0.05, 0) is 24.6 Å². The molecule has 0 aliphatic rings. The van der Waals surface area contributed by atoms with E-state index in [0.29, 0.717) is 20.9 Å². The first kappa shape index (κ1) is 19.2. The molecule has 0 aliphatic heterocycles. The molecular formula is C17H16Cl2N4OS2. The highest BCUT2D eigenvalue weighted by Gasteiger charge is 2.15. The van der Waals surface area contributed by atoms with Crippen LogP contribution in [0.4, 0.5) is 5.69 Å². The number of nitrogens with one attached hydrogen (secondary N) is 1. The number of amides is 1. The quantitative estimate of drug-likeness (QED) is 0.553. The second-order valence-corrected chi connectivity index (χ2v) is 8.18. The number of thioether (sulfide) groups is 1. The Balaban J connectivity index is 1.65. The molecule has 1 aromatic carbocycles. The van der Waals surface area contributed by atoms with Crippen LogP contribution in [-0.4, -0.2) is 26.4 Å². The molecule has 3 aromatic rings. The van der Waals surface area contributed by atoms with Crippen molar-refractivity contribution in [1.29, 1.82) is 0 Å². The van der Waals surface area contributed by atoms with Gasteiger partial charge in [-0.25, -0.2) is 0 Å². The van der Waals surface area contributed by atoms with E-state index in [-0.39, 0.29) is 11.7 Å². The van der Waals surface area contributed by atoms with Crippen molar-refractivity contribution in [3.8, 4) is 11.4 Å². The van der Waals surface area contributed by atoms with Crippen LogP contribution in [0.2, 0.25) is 10.0 Å². The molecule has 0 spiro atoms. The number of carbonyl (C=O) groups is 1. The van der Waals surface area contributed by atoms with Crippen molar-refractivity contribution >= 4 is 57.9 Å². The normalized spacial score (nSPS) is 10.9. The third kappa shape index (κ3) is 4.23. The third-order valence-corrected chi connectivity index (χ3v) is 6.57. The van der Waals surface area contributed by atoms with Crippen LogP contribution >= 0.6 is 46.3 Å². The Hall–Kier alpha value is -1.54. The summed E-state index contributed by atoms with van der Waals surface area (Å²) in [7, 11) is 1.90. The van der Waals surface area contributed by atoms with Gasteiger partial charge in [0.2, 0.25) is 5.91 Å². The van der Waals surface area contributed by atoms with E-state index in [1.165, 1.54) is 16.6 Å². The van der Waals surface area contributed by atoms with Gasteiger partial charge in [-0.3, -0.25) is 4.79 Å². The first-order valence-electron chi connectivity index (χ1n) is 7.83. The Labute approximate surface area is 169 Å². The molecule has 0 unspecified atom stereocenters. The van der Waals surface area contributed by atoms with Gasteiger partial charge in [0.25, 0.3) is 0 Å². The summed E-state index contributed by atoms with van der Waals surface area (Å²) >= 11 is 15.1. The summed E-state index contributed by atoms with van der Waals surface area (Å²) in [6, 6.07) is 7.23. The molecule has 9 heteroatoms. The van der Waals surface area contributed by atoms with Crippen LogP contribution < -0.4 is 5.32 Å². The second kappa shape index (κ2) is 8.43. The highest BCUT2D eigenvalue weighted by molar-refractivity contribution is 7.99. The molecule has 1 amide bonds. The summed E-state index contributed by atoms with van der Waals surface area (Å²) in [6.07, 6.45) is 0.996. The van der Waals surface area contributed by atoms with Crippen LogP contribution in [0.25, 0.3) is 11.4 Å². The maximum atomic E-state index is 12.2. The van der Waals surface area contributed by atoms with Crippen LogP contribution in [0.15, 0.2) is 34.8 Å². The lowest BCUT2D eigenvalue weighted by Crippen LogP contribution is -2.14. The number of hydrogen-bond acceptors (Lipinski definition) is 5. The lowest BCUT2D eigenvalue weighted by Gasteiger charge is -2.08. The molecule has 0 aliphatic carbocycles. The highest BCUT2D eigenvalue weighted by Crippen LogP contribution is 2.30. The standard InChI is InChI=1S/C17H16Cl2N4OS2/c1-3-11-7-10(8-25-11)16-21-22-17(23(16)2)26-9-14(24)20-13-6-4-5-12(18)15(13)19/h4-8H,3,9H2,1-2H3,(H,20,24). The SMILES string of the molecule is CCc1cc(-c2nnc(SCC(=O)Nc3cccc(Cl)c3Cl)n2C)cs1. The van der Waals surface area contributed by atoms with Gasteiger partial charge in [0.1, 0.15) is 0 Å². The molecule has 0 bridgehead atoms. The molecule has 0 fully saturated rings. The number of aryl methyl sites for hydroxylation is 1. The predicted molar refractivity (Wildman–Crippen MR) is 110 cm³/mol. The minimum Gasteiger partial charge on any atom is -0.324 e. The number of aromatic nitrogens is 3. The molecule has 136 valence electrons. The summed E-state index contributed by atoms with van der Waals surface area (Å²) in [5.74, 6) is 0.799. The minimum atomic E-state index is -0.187. The van der Waals surface area contributed by atoms with Crippen molar-refractivity contribution in [3.63, 3.8) is 0 Å². The van der Waals surface area contributed by atoms with E-state index in [0.717, 1.165) is 17.8 Å². The lowest BCUT2D eigenvalue weighted by atomic mass is 10.2. The van der Waals surface area contributed by atoms with E-state index in [2.05, 4.69) is 33.9 Å². The van der Waals surface area contributed by atoms with Crippen molar-refractivity contribution in [2.24, 2.45) is 7.05 Å². The number of benzene rings is 1. The van der Waals surface area contributed by atoms with E-state index in [1.54, 1.807) is 29.5 Å². The molecule has 0 atom stereocenters. The molecule has 2 heterocycles. The van der Waals surface area contributed by atoms with Crippen molar-refractivity contribution in [2.75, 3.05) is 11.1 Å². The third-order valence-electron chi connectivity index (χ3n) is 3.65. The number of nitrogens with zero attached hydrogens (tertiary/aromatic N) is 3. The van der Waals surface area contributed by atoms with Gasteiger partial charge in [-0.2, -0.15) is 0 Å². The van der Waals surface area contributed by atoms with Crippen molar-refractivity contribution in [2.45, 2.75) is 18.5 Å². The molecular weight excluding hydrogens is 411 g/mol. The highest BCUT2D eigenvalue weighted by atomic mass is 35.5. The summed E-state index contributed by atoms with van der Waals surface area (Å²) in [5, 5.41) is 14.7. The number of thiophene rings is 1. The summed E-state index contributed by atoms with van der Waals surface area (Å²) in [6.45, 7) is 2.12. The molecule has 0 radical (unpaired) electrons. The smallest absolute Gasteiger partial charge is 0.234 e. The minimum absolute atomic E-state index is 0.187. The first-order chi connectivity index (χ1) is 12.5. The maximum absolute atomic E-state index is 12.2. The Bertz CT molecular complexity index is 939. The molecule has 0 saturated carbocycles. The van der Waals surface area contributed by atoms with Crippen molar-refractivity contribution in [1.82, 2.24) is 14.8 Å². The first-order valence-corrected chi connectivity index (χ1v) is 10.5. The van der Waals surface area contributed by atoms with E-state index < -0.39 is 0 Å². The van der Waals surface area contributed by atoms with Crippen LogP contribution in [0.1, 0.15) is 11.8 Å². The fourth-order valence-electron chi connectivity index (χ4n) is 2.29. The van der Waals surface area contributed by atoms with Crippen LogP contribution in [0.5, 0.6) is 0 Å². The zero-order valence-electron chi connectivity index (χ0n) is 14.1. The molecule has 2 aromatic heterocycles. The fourth-order valence-corrected chi connectivity index (χ4v) is 4.16. The zero-order valence-corrected chi connectivity index (χ0v) is 17.3. The summed E-state index contributed by atoms with van der Waals surface area (Å²) in [5.41, 5.74) is 1.54. The Morgan fingerprint density at radius 1 is 1.35 bits per heavy atom. The van der Waals surface area contributed by atoms with Gasteiger partial charge in [0, 0.05) is 22.9 Å². The van der Waals surface area contributed by atoms with Crippen molar-refractivity contribution in [3.05, 3.63) is 44.6 Å². The Kier molecular flexibility index (Phi) is 6.24. The Morgan fingerprint density at radius 2 is 2.15 bits per heavy atom. The lowest BCUT2D eigenvalue weighted by molar-refractivity contribution is -0.113. The van der Waals surface area contributed by atoms with Gasteiger partial charge >= 0.3 is 0 Å². The van der Waals surface area contributed by atoms with E-state index >= 15 is 0 Å². The average Bonchev–Trinajstić information content (AvgIpc) is 3.23. The number of carbonyl (C=O) groups excluding carboxylic acids is 1. The maximum Gasteiger partial charge on any atom is 0.234 e. The molecule has 0 saturated heterocycles. The van der Waals surface area contributed by atoms with Gasteiger partial charge in [0.15, 0.2) is 11.0 Å². The van der Waals surface area contributed by atoms with Crippen LogP contribution in [-0.2, 0) is 18.3 Å². The summed E-state index contributed by atoms with van der Waals surface area (Å²) < 4.78 is 1.89. The molecule has 1 N–H and O–H groups in total. The second-order valence-electron chi connectivity index (χ2n) is 5.46. The topological polar surface area (TPSA) is 59.8 Å². The van der Waals surface area contributed by atoms with E-state index in [9.17, 15) is 4.79 Å². The van der Waals surface area contributed by atoms with E-state index in [4.69, 9.17) is 23.2 Å². The largest absolute Gasteiger partial charge is 0.324 e. The zero-order chi connectivity index (χ0) is 18.7. The summed E-state index contributed by atoms with van der Waals surface area (Å²) in [4.78, 5) is 13.5. The monoisotopic (exact) mass is 426 g/mol. The van der Waals surface area contributed by atoms with Crippen LogP contribution in [0.3, 0.4) is 0 Å². The van der Waals surface area contributed by atoms with Gasteiger partial charge in [-0.1, -0.05) is 48.0 Å². The molecule has 26 heavy (non-hydrogen) atoms.